The summed E-state index contributed by atoms with van der Waals surface area (Å²) in [5.41, 5.74) is 5.54. The van der Waals surface area contributed by atoms with Gasteiger partial charge in [0.15, 0.2) is 0 Å². The average Bonchev–Trinajstić information content (AvgIpc) is 2.59. The number of rotatable bonds is 9. The van der Waals surface area contributed by atoms with Crippen LogP contribution in [-0.4, -0.2) is 61.6 Å². The molecule has 0 spiro atoms. The second-order valence-corrected chi connectivity index (χ2v) is 13.2. The van der Waals surface area contributed by atoms with Crippen molar-refractivity contribution in [3.05, 3.63) is 0 Å². The van der Waals surface area contributed by atoms with Gasteiger partial charge in [-0.2, -0.15) is 0 Å². The lowest BCUT2D eigenvalue weighted by atomic mass is 9.96. The topological polar surface area (TPSA) is 56.5 Å². The Bertz CT molecular complexity index is 331. The molecule has 0 aliphatic carbocycles. The molecule has 23 heavy (non-hydrogen) atoms. The van der Waals surface area contributed by atoms with Gasteiger partial charge in [0.25, 0.3) is 0 Å². The fraction of sp³-hybridized carbons (Fsp3) is 1.00. The second kappa shape index (κ2) is 9.68. The zero-order valence-electron chi connectivity index (χ0n) is 15.4. The van der Waals surface area contributed by atoms with Gasteiger partial charge < -0.3 is 20.5 Å². The van der Waals surface area contributed by atoms with E-state index in [2.05, 4.69) is 18.4 Å². The molecule has 0 radical (unpaired) electrons. The fourth-order valence-electron chi connectivity index (χ4n) is 4.64. The monoisotopic (exact) mass is 358 g/mol. The summed E-state index contributed by atoms with van der Waals surface area (Å²) in [6, 6.07) is 1.36. The van der Waals surface area contributed by atoms with E-state index in [-0.39, 0.29) is 20.0 Å². The van der Waals surface area contributed by atoms with E-state index in [4.69, 9.17) is 15.2 Å². The van der Waals surface area contributed by atoms with E-state index < -0.39 is 8.80 Å². The van der Waals surface area contributed by atoms with Crippen LogP contribution in [0, 0.1) is 0 Å². The zero-order chi connectivity index (χ0) is 16.6. The second-order valence-electron chi connectivity index (χ2n) is 7.65. The maximum atomic E-state index is 6.63. The molecule has 0 aromatic rings. The first-order valence-corrected chi connectivity index (χ1v) is 14.4. The van der Waals surface area contributed by atoms with Crippen LogP contribution in [0.25, 0.3) is 0 Å². The summed E-state index contributed by atoms with van der Waals surface area (Å²) in [4.78, 5) is 0. The van der Waals surface area contributed by atoms with Gasteiger partial charge in [-0.3, -0.25) is 0 Å². The average molecular weight is 359 g/mol. The van der Waals surface area contributed by atoms with Gasteiger partial charge in [-0.15, -0.1) is 0 Å². The summed E-state index contributed by atoms with van der Waals surface area (Å²) in [7, 11) is -1.25. The van der Waals surface area contributed by atoms with E-state index >= 15 is 0 Å². The Kier molecular flexibility index (Phi) is 8.25. The van der Waals surface area contributed by atoms with E-state index in [9.17, 15) is 0 Å². The predicted octanol–water partition coefficient (Wildman–Crippen LogP) is 1.37. The van der Waals surface area contributed by atoms with Gasteiger partial charge in [0.2, 0.25) is 0 Å². The van der Waals surface area contributed by atoms with Gasteiger partial charge in [-0.05, 0) is 51.5 Å². The normalized spacial score (nSPS) is 32.9. The molecule has 0 bridgehead atoms. The molecule has 2 rings (SSSR count). The first-order valence-electron chi connectivity index (χ1n) is 9.85. The van der Waals surface area contributed by atoms with E-state index in [0.717, 1.165) is 32.8 Å². The largest absolute Gasteiger partial charge is 0.377 e. The van der Waals surface area contributed by atoms with Crippen LogP contribution in [-0.2, 0) is 9.47 Å². The van der Waals surface area contributed by atoms with Crippen molar-refractivity contribution in [1.29, 1.82) is 0 Å². The highest BCUT2D eigenvalue weighted by Gasteiger charge is 2.55. The minimum Gasteiger partial charge on any atom is -0.377 e. The van der Waals surface area contributed by atoms with Gasteiger partial charge in [0, 0.05) is 26.3 Å². The number of hydrogen-bond donors (Lipinski definition) is 2. The van der Waals surface area contributed by atoms with Crippen molar-refractivity contribution < 1.29 is 9.47 Å². The van der Waals surface area contributed by atoms with E-state index in [1.165, 1.54) is 51.0 Å². The van der Waals surface area contributed by atoms with Crippen molar-refractivity contribution in [1.82, 2.24) is 5.32 Å². The fourth-order valence-corrected chi connectivity index (χ4v) is 11.4. The summed E-state index contributed by atoms with van der Waals surface area (Å²) in [5, 5.41) is 3.70. The van der Waals surface area contributed by atoms with Crippen molar-refractivity contribution in [3.8, 4) is 0 Å². The molecule has 0 aromatic carbocycles. The molecule has 2 aliphatic heterocycles. The standard InChI is InChI=1S/C17H38N2O2Si2/c1-23(2)17(9-4-6-14-21-17)16(8-3-5-13-20-16)22-15-7-11-19-12-10-18/h19,23H,3-15,18,22H2,1-2H3. The Labute approximate surface area is 146 Å². The molecular formula is C17H38N2O2Si2. The smallest absolute Gasteiger partial charge is 0.0794 e. The third-order valence-corrected chi connectivity index (χ3v) is 11.9. The molecular weight excluding hydrogens is 320 g/mol. The summed E-state index contributed by atoms with van der Waals surface area (Å²) >= 11 is 0. The first kappa shape index (κ1) is 19.6. The van der Waals surface area contributed by atoms with E-state index in [1.807, 2.05) is 0 Å². The molecule has 2 saturated heterocycles. The Balaban J connectivity index is 2.01. The van der Waals surface area contributed by atoms with Crippen LogP contribution in [0.2, 0.25) is 19.1 Å². The highest BCUT2D eigenvalue weighted by molar-refractivity contribution is 6.62. The minimum atomic E-state index is -0.943. The molecule has 0 saturated carbocycles. The van der Waals surface area contributed by atoms with E-state index in [0.29, 0.717) is 0 Å². The summed E-state index contributed by atoms with van der Waals surface area (Å²) in [6.45, 7) is 9.68. The number of ether oxygens (including phenoxy) is 2. The summed E-state index contributed by atoms with van der Waals surface area (Å²) in [6.07, 6.45) is 8.95. The van der Waals surface area contributed by atoms with Crippen LogP contribution in [0.4, 0.5) is 0 Å². The Morgan fingerprint density at radius 1 is 1.04 bits per heavy atom. The maximum absolute atomic E-state index is 6.63. The lowest BCUT2D eigenvalue weighted by molar-refractivity contribution is -0.162. The maximum Gasteiger partial charge on any atom is 0.0794 e. The lowest BCUT2D eigenvalue weighted by Crippen LogP contribution is -2.69. The van der Waals surface area contributed by atoms with Crippen molar-refractivity contribution >= 4 is 18.3 Å². The van der Waals surface area contributed by atoms with Crippen molar-refractivity contribution in [2.75, 3.05) is 32.8 Å². The van der Waals surface area contributed by atoms with Crippen LogP contribution in [0.5, 0.6) is 0 Å². The minimum absolute atomic E-state index is 0.128. The molecule has 136 valence electrons. The van der Waals surface area contributed by atoms with Gasteiger partial charge in [-0.1, -0.05) is 19.1 Å². The molecule has 2 atom stereocenters. The number of nitrogens with one attached hydrogen (secondary N) is 1. The Morgan fingerprint density at radius 2 is 1.78 bits per heavy atom. The van der Waals surface area contributed by atoms with Crippen LogP contribution >= 0.6 is 0 Å². The molecule has 0 amide bonds. The Morgan fingerprint density at radius 3 is 2.35 bits per heavy atom. The van der Waals surface area contributed by atoms with Gasteiger partial charge in [-0.25, -0.2) is 0 Å². The third-order valence-electron chi connectivity index (χ3n) is 5.86. The van der Waals surface area contributed by atoms with Crippen LogP contribution < -0.4 is 11.1 Å². The molecule has 2 heterocycles. The highest BCUT2D eigenvalue weighted by Crippen LogP contribution is 2.44. The predicted molar refractivity (Wildman–Crippen MR) is 104 cm³/mol. The molecule has 0 aromatic heterocycles. The SMILES string of the molecule is C[SiH](C)C1(C2([SiH2]CCCNCCN)CCCCO2)CCCCO1. The third kappa shape index (κ3) is 4.67. The van der Waals surface area contributed by atoms with Crippen LogP contribution in [0.15, 0.2) is 0 Å². The molecule has 3 N–H and O–H groups in total. The molecule has 6 heteroatoms. The molecule has 2 fully saturated rings. The number of hydrogen-bond acceptors (Lipinski definition) is 4. The summed E-state index contributed by atoms with van der Waals surface area (Å²) in [5.74, 6) is 0. The van der Waals surface area contributed by atoms with Gasteiger partial charge >= 0.3 is 0 Å². The summed E-state index contributed by atoms with van der Waals surface area (Å²) < 4.78 is 13.2. The molecule has 2 aliphatic rings. The number of nitrogens with two attached hydrogens (primary N) is 1. The van der Waals surface area contributed by atoms with Crippen molar-refractivity contribution in [3.63, 3.8) is 0 Å². The quantitative estimate of drug-likeness (QED) is 0.483. The lowest BCUT2D eigenvalue weighted by Gasteiger charge is -2.56. The van der Waals surface area contributed by atoms with Crippen LogP contribution in [0.3, 0.4) is 0 Å². The first-order chi connectivity index (χ1) is 11.2. The van der Waals surface area contributed by atoms with Gasteiger partial charge in [0.05, 0.1) is 28.8 Å². The Hall–Kier alpha value is 0.274. The molecule has 4 nitrogen and oxygen atoms in total. The van der Waals surface area contributed by atoms with Crippen molar-refractivity contribution in [2.24, 2.45) is 5.73 Å². The zero-order valence-corrected chi connectivity index (χ0v) is 17.9. The van der Waals surface area contributed by atoms with E-state index in [1.54, 1.807) is 0 Å². The van der Waals surface area contributed by atoms with Crippen molar-refractivity contribution in [2.45, 2.75) is 74.5 Å². The molecule has 2 unspecified atom stereocenters. The highest BCUT2D eigenvalue weighted by atomic mass is 28.3. The van der Waals surface area contributed by atoms with Gasteiger partial charge in [0.1, 0.15) is 0 Å². The van der Waals surface area contributed by atoms with Crippen LogP contribution in [0.1, 0.15) is 44.9 Å².